The maximum Gasteiger partial charge on any atom is 0.0584 e. The van der Waals surface area contributed by atoms with Crippen molar-refractivity contribution >= 4 is 37.5 Å². The van der Waals surface area contributed by atoms with E-state index in [9.17, 15) is 0 Å². The summed E-state index contributed by atoms with van der Waals surface area (Å²) < 4.78 is 2.25. The molecule has 1 fully saturated rings. The highest BCUT2D eigenvalue weighted by Crippen LogP contribution is 2.33. The summed E-state index contributed by atoms with van der Waals surface area (Å²) >= 11 is 7.25. The molecule has 0 spiro atoms. The smallest absolute Gasteiger partial charge is 0.0584 e. The van der Waals surface area contributed by atoms with Gasteiger partial charge in [0.05, 0.1) is 11.2 Å². The topological polar surface area (TPSA) is 15.3 Å². The molecule has 0 bridgehead atoms. The van der Waals surface area contributed by atoms with Gasteiger partial charge >= 0.3 is 0 Å². The SMILES string of the molecule is CC1(c2ccccc2)CN(c2cc(Br)ccc2Br)CCN1. The highest BCUT2D eigenvalue weighted by molar-refractivity contribution is 9.11. The second-order valence-electron chi connectivity index (χ2n) is 5.64. The third-order valence-corrected chi connectivity index (χ3v) is 5.23. The minimum atomic E-state index is -0.0265. The number of piperazine rings is 1. The van der Waals surface area contributed by atoms with E-state index in [1.54, 1.807) is 0 Å². The summed E-state index contributed by atoms with van der Waals surface area (Å²) in [6.45, 7) is 5.22. The standard InChI is InChI=1S/C17H18Br2N2/c1-17(13-5-3-2-4-6-13)12-21(10-9-20-17)16-11-14(18)7-8-15(16)19/h2-8,11,20H,9-10,12H2,1H3. The van der Waals surface area contributed by atoms with Crippen molar-refractivity contribution in [3.8, 4) is 0 Å². The fourth-order valence-corrected chi connectivity index (χ4v) is 3.76. The summed E-state index contributed by atoms with van der Waals surface area (Å²) in [6, 6.07) is 17.0. The largest absolute Gasteiger partial charge is 0.367 e. The predicted octanol–water partition coefficient (Wildman–Crippen LogP) is 4.54. The lowest BCUT2D eigenvalue weighted by atomic mass is 9.89. The van der Waals surface area contributed by atoms with Crippen molar-refractivity contribution < 1.29 is 0 Å². The van der Waals surface area contributed by atoms with Gasteiger partial charge in [0.2, 0.25) is 0 Å². The highest BCUT2D eigenvalue weighted by Gasteiger charge is 2.32. The minimum Gasteiger partial charge on any atom is -0.367 e. The number of nitrogens with zero attached hydrogens (tertiary/aromatic N) is 1. The van der Waals surface area contributed by atoms with Crippen molar-refractivity contribution in [1.29, 1.82) is 0 Å². The van der Waals surface area contributed by atoms with Gasteiger partial charge in [-0.15, -0.1) is 0 Å². The number of halogens is 2. The summed E-state index contributed by atoms with van der Waals surface area (Å²) in [5.41, 5.74) is 2.55. The highest BCUT2D eigenvalue weighted by atomic mass is 79.9. The molecule has 0 saturated carbocycles. The third kappa shape index (κ3) is 3.17. The molecule has 1 atom stereocenters. The van der Waals surface area contributed by atoms with Crippen molar-refractivity contribution in [2.45, 2.75) is 12.5 Å². The zero-order valence-corrected chi connectivity index (χ0v) is 15.1. The summed E-state index contributed by atoms with van der Waals surface area (Å²) in [7, 11) is 0. The number of anilines is 1. The van der Waals surface area contributed by atoms with Crippen LogP contribution in [0, 0.1) is 0 Å². The first kappa shape index (κ1) is 15.1. The average Bonchev–Trinajstić information content (AvgIpc) is 2.51. The van der Waals surface area contributed by atoms with E-state index in [-0.39, 0.29) is 5.54 Å². The van der Waals surface area contributed by atoms with E-state index in [1.807, 2.05) is 0 Å². The van der Waals surface area contributed by atoms with Crippen molar-refractivity contribution in [2.75, 3.05) is 24.5 Å². The number of hydrogen-bond acceptors (Lipinski definition) is 2. The van der Waals surface area contributed by atoms with Gasteiger partial charge in [0.25, 0.3) is 0 Å². The molecule has 0 aliphatic carbocycles. The van der Waals surface area contributed by atoms with Gasteiger partial charge in [-0.2, -0.15) is 0 Å². The monoisotopic (exact) mass is 408 g/mol. The lowest BCUT2D eigenvalue weighted by Gasteiger charge is -2.43. The molecule has 1 unspecified atom stereocenters. The Kier molecular flexibility index (Phi) is 4.38. The lowest BCUT2D eigenvalue weighted by molar-refractivity contribution is 0.332. The van der Waals surface area contributed by atoms with Crippen LogP contribution in [-0.4, -0.2) is 19.6 Å². The van der Waals surface area contributed by atoms with Gasteiger partial charge < -0.3 is 10.2 Å². The molecule has 0 radical (unpaired) electrons. The normalized spacial score (nSPS) is 22.3. The van der Waals surface area contributed by atoms with Gasteiger partial charge in [-0.05, 0) is 46.6 Å². The number of hydrogen-bond donors (Lipinski definition) is 1. The van der Waals surface area contributed by atoms with Crippen LogP contribution >= 0.6 is 31.9 Å². The van der Waals surface area contributed by atoms with E-state index < -0.39 is 0 Å². The molecule has 0 amide bonds. The zero-order chi connectivity index (χ0) is 14.9. The molecule has 0 aromatic heterocycles. The van der Waals surface area contributed by atoms with Crippen molar-refractivity contribution in [3.63, 3.8) is 0 Å². The van der Waals surface area contributed by atoms with E-state index in [2.05, 4.69) is 97.5 Å². The summed E-state index contributed by atoms with van der Waals surface area (Å²) in [5, 5.41) is 3.68. The second kappa shape index (κ2) is 6.11. The Labute approximate surface area is 142 Å². The van der Waals surface area contributed by atoms with E-state index in [0.717, 1.165) is 28.6 Å². The van der Waals surface area contributed by atoms with Gasteiger partial charge in [0.1, 0.15) is 0 Å². The zero-order valence-electron chi connectivity index (χ0n) is 11.9. The Hall–Kier alpha value is -0.840. The maximum atomic E-state index is 3.68. The van der Waals surface area contributed by atoms with Crippen LogP contribution in [0.5, 0.6) is 0 Å². The first-order valence-electron chi connectivity index (χ1n) is 7.09. The molecule has 3 rings (SSSR count). The quantitative estimate of drug-likeness (QED) is 0.783. The van der Waals surface area contributed by atoms with Crippen molar-refractivity contribution in [3.05, 3.63) is 63.0 Å². The second-order valence-corrected chi connectivity index (χ2v) is 7.41. The van der Waals surface area contributed by atoms with Crippen LogP contribution in [0.4, 0.5) is 5.69 Å². The van der Waals surface area contributed by atoms with Crippen LogP contribution in [-0.2, 0) is 5.54 Å². The molecule has 1 heterocycles. The fraction of sp³-hybridized carbons (Fsp3) is 0.294. The average molecular weight is 410 g/mol. The van der Waals surface area contributed by atoms with Crippen LogP contribution < -0.4 is 10.2 Å². The molecule has 1 aliphatic heterocycles. The van der Waals surface area contributed by atoms with Gasteiger partial charge in [-0.25, -0.2) is 0 Å². The minimum absolute atomic E-state index is 0.0265. The maximum absolute atomic E-state index is 3.68. The first-order chi connectivity index (χ1) is 10.1. The lowest BCUT2D eigenvalue weighted by Crippen LogP contribution is -2.56. The molecule has 110 valence electrons. The van der Waals surface area contributed by atoms with E-state index in [4.69, 9.17) is 0 Å². The van der Waals surface area contributed by atoms with Crippen molar-refractivity contribution in [2.24, 2.45) is 0 Å². The van der Waals surface area contributed by atoms with Crippen molar-refractivity contribution in [1.82, 2.24) is 5.32 Å². The third-order valence-electron chi connectivity index (χ3n) is 4.06. The van der Waals surface area contributed by atoms with E-state index >= 15 is 0 Å². The van der Waals surface area contributed by atoms with Gasteiger partial charge in [0.15, 0.2) is 0 Å². The molecular formula is C17H18Br2N2. The Morgan fingerprint density at radius 1 is 1.10 bits per heavy atom. The molecule has 2 aromatic carbocycles. The van der Waals surface area contributed by atoms with Gasteiger partial charge in [-0.1, -0.05) is 46.3 Å². The van der Waals surface area contributed by atoms with Crippen LogP contribution in [0.25, 0.3) is 0 Å². The Morgan fingerprint density at radius 3 is 2.62 bits per heavy atom. The van der Waals surface area contributed by atoms with E-state index in [1.165, 1.54) is 11.3 Å². The van der Waals surface area contributed by atoms with Crippen LogP contribution in [0.15, 0.2) is 57.5 Å². The van der Waals surface area contributed by atoms with Crippen LogP contribution in [0.2, 0.25) is 0 Å². The Balaban J connectivity index is 1.91. The van der Waals surface area contributed by atoms with E-state index in [0.29, 0.717) is 0 Å². The van der Waals surface area contributed by atoms with Crippen LogP contribution in [0.1, 0.15) is 12.5 Å². The Bertz CT molecular complexity index is 630. The molecule has 2 nitrogen and oxygen atoms in total. The Morgan fingerprint density at radius 2 is 1.86 bits per heavy atom. The molecule has 1 aliphatic rings. The fourth-order valence-electron chi connectivity index (χ4n) is 2.92. The molecule has 21 heavy (non-hydrogen) atoms. The summed E-state index contributed by atoms with van der Waals surface area (Å²) in [5.74, 6) is 0. The molecule has 4 heteroatoms. The van der Waals surface area contributed by atoms with Gasteiger partial charge in [-0.3, -0.25) is 0 Å². The molecule has 2 aromatic rings. The molecule has 1 saturated heterocycles. The number of benzene rings is 2. The van der Waals surface area contributed by atoms with Crippen LogP contribution in [0.3, 0.4) is 0 Å². The summed E-state index contributed by atoms with van der Waals surface area (Å²) in [4.78, 5) is 2.44. The first-order valence-corrected chi connectivity index (χ1v) is 8.68. The number of rotatable bonds is 2. The molecular weight excluding hydrogens is 392 g/mol. The predicted molar refractivity (Wildman–Crippen MR) is 95.9 cm³/mol. The molecule has 1 N–H and O–H groups in total. The summed E-state index contributed by atoms with van der Waals surface area (Å²) in [6.07, 6.45) is 0. The number of nitrogens with one attached hydrogen (secondary N) is 1. The van der Waals surface area contributed by atoms with Gasteiger partial charge in [0, 0.05) is 28.6 Å².